The Balaban J connectivity index is 2.16. The quantitative estimate of drug-likeness (QED) is 0.851. The van der Waals surface area contributed by atoms with Gasteiger partial charge in [-0.1, -0.05) is 46.9 Å². The molecule has 18 heavy (non-hydrogen) atoms. The molecule has 1 heterocycles. The second-order valence-corrected chi connectivity index (χ2v) is 6.61. The van der Waals surface area contributed by atoms with Crippen molar-refractivity contribution in [3.05, 3.63) is 30.1 Å². The van der Waals surface area contributed by atoms with Gasteiger partial charge in [0.2, 0.25) is 3.79 Å². The standard InChI is InChI=1S/C12H10Cl3N3/c13-12(14,15)11-17-9-4-2-1-3-8(9)10(18-11)16-7-5-6-7/h1-4,7H,5-6H2,(H,16,17,18). The summed E-state index contributed by atoms with van der Waals surface area (Å²) in [4.78, 5) is 8.62. The van der Waals surface area contributed by atoms with Crippen LogP contribution in [0.15, 0.2) is 24.3 Å². The van der Waals surface area contributed by atoms with E-state index in [9.17, 15) is 0 Å². The predicted molar refractivity (Wildman–Crippen MR) is 75.4 cm³/mol. The molecule has 0 amide bonds. The molecule has 0 atom stereocenters. The second-order valence-electron chi connectivity index (χ2n) is 4.33. The molecule has 1 fully saturated rings. The van der Waals surface area contributed by atoms with Gasteiger partial charge < -0.3 is 5.32 Å². The summed E-state index contributed by atoms with van der Waals surface area (Å²) in [6.45, 7) is 0. The van der Waals surface area contributed by atoms with Gasteiger partial charge in [-0.2, -0.15) is 0 Å². The number of hydrogen-bond donors (Lipinski definition) is 1. The van der Waals surface area contributed by atoms with E-state index < -0.39 is 3.79 Å². The lowest BCUT2D eigenvalue weighted by Gasteiger charge is -2.14. The molecule has 0 saturated heterocycles. The van der Waals surface area contributed by atoms with Gasteiger partial charge >= 0.3 is 0 Å². The van der Waals surface area contributed by atoms with Crippen molar-refractivity contribution in [3.8, 4) is 0 Å². The highest BCUT2D eigenvalue weighted by atomic mass is 35.6. The summed E-state index contributed by atoms with van der Waals surface area (Å²) >= 11 is 17.6. The number of anilines is 1. The van der Waals surface area contributed by atoms with Crippen LogP contribution in [0, 0.1) is 0 Å². The first-order valence-corrected chi connectivity index (χ1v) is 6.78. The Labute approximate surface area is 119 Å². The van der Waals surface area contributed by atoms with E-state index in [2.05, 4.69) is 15.3 Å². The molecule has 0 spiro atoms. The van der Waals surface area contributed by atoms with Crippen LogP contribution >= 0.6 is 34.8 Å². The lowest BCUT2D eigenvalue weighted by Crippen LogP contribution is -2.12. The molecule has 94 valence electrons. The third kappa shape index (κ3) is 2.48. The molecule has 1 aliphatic rings. The van der Waals surface area contributed by atoms with Crippen LogP contribution in [0.25, 0.3) is 10.9 Å². The number of fused-ring (bicyclic) bond motifs is 1. The monoisotopic (exact) mass is 301 g/mol. The van der Waals surface area contributed by atoms with E-state index in [1.165, 1.54) is 0 Å². The van der Waals surface area contributed by atoms with Crippen LogP contribution in [-0.4, -0.2) is 16.0 Å². The molecule has 0 radical (unpaired) electrons. The number of halogens is 3. The lowest BCUT2D eigenvalue weighted by molar-refractivity contribution is 0.982. The van der Waals surface area contributed by atoms with Gasteiger partial charge in [0, 0.05) is 11.4 Å². The Hall–Kier alpha value is -0.770. The van der Waals surface area contributed by atoms with E-state index in [4.69, 9.17) is 34.8 Å². The van der Waals surface area contributed by atoms with E-state index in [1.54, 1.807) is 0 Å². The lowest BCUT2D eigenvalue weighted by atomic mass is 10.2. The summed E-state index contributed by atoms with van der Waals surface area (Å²) in [5.41, 5.74) is 0.775. The summed E-state index contributed by atoms with van der Waals surface area (Å²) in [5.74, 6) is 0.943. The maximum atomic E-state index is 5.86. The van der Waals surface area contributed by atoms with Crippen LogP contribution in [0.3, 0.4) is 0 Å². The average Bonchev–Trinajstić information content (AvgIpc) is 3.11. The maximum absolute atomic E-state index is 5.86. The summed E-state index contributed by atoms with van der Waals surface area (Å²) in [6, 6.07) is 8.17. The van der Waals surface area contributed by atoms with E-state index in [-0.39, 0.29) is 5.82 Å². The molecule has 1 aromatic carbocycles. The SMILES string of the molecule is ClC(Cl)(Cl)c1nc(NC2CC2)c2ccccc2n1. The minimum atomic E-state index is -1.61. The molecule has 1 aromatic heterocycles. The highest BCUT2D eigenvalue weighted by molar-refractivity contribution is 6.66. The average molecular weight is 303 g/mol. The molecule has 0 aliphatic heterocycles. The van der Waals surface area contributed by atoms with Gasteiger partial charge in [-0.15, -0.1) is 0 Å². The largest absolute Gasteiger partial charge is 0.367 e. The molecule has 3 nitrogen and oxygen atoms in total. The first-order chi connectivity index (χ1) is 8.54. The summed E-state index contributed by atoms with van der Waals surface area (Å²) < 4.78 is -1.61. The number of aromatic nitrogens is 2. The van der Waals surface area contributed by atoms with Crippen LogP contribution in [0.2, 0.25) is 0 Å². The van der Waals surface area contributed by atoms with Crippen molar-refractivity contribution >= 4 is 51.5 Å². The fraction of sp³-hybridized carbons (Fsp3) is 0.333. The van der Waals surface area contributed by atoms with Crippen LogP contribution in [0.5, 0.6) is 0 Å². The van der Waals surface area contributed by atoms with Crippen LogP contribution in [0.4, 0.5) is 5.82 Å². The topological polar surface area (TPSA) is 37.8 Å². The number of para-hydroxylation sites is 1. The Morgan fingerprint density at radius 2 is 1.83 bits per heavy atom. The highest BCUT2D eigenvalue weighted by Crippen LogP contribution is 2.38. The minimum absolute atomic E-state index is 0.203. The van der Waals surface area contributed by atoms with Gasteiger partial charge in [-0.3, -0.25) is 0 Å². The van der Waals surface area contributed by atoms with Crippen molar-refractivity contribution < 1.29 is 0 Å². The molecule has 1 aliphatic carbocycles. The Morgan fingerprint density at radius 1 is 1.11 bits per heavy atom. The number of benzene rings is 1. The number of rotatable bonds is 2. The molecule has 1 N–H and O–H groups in total. The van der Waals surface area contributed by atoms with Crippen molar-refractivity contribution in [1.29, 1.82) is 0 Å². The van der Waals surface area contributed by atoms with E-state index in [0.29, 0.717) is 6.04 Å². The van der Waals surface area contributed by atoms with Gasteiger partial charge in [0.15, 0.2) is 5.82 Å². The number of alkyl halides is 3. The first kappa shape index (κ1) is 12.3. The van der Waals surface area contributed by atoms with E-state index in [0.717, 1.165) is 29.6 Å². The molecular weight excluding hydrogens is 293 g/mol. The smallest absolute Gasteiger partial charge is 0.250 e. The van der Waals surface area contributed by atoms with Gasteiger partial charge in [0.1, 0.15) is 5.82 Å². The molecule has 3 rings (SSSR count). The molecule has 0 unspecified atom stereocenters. The number of hydrogen-bond acceptors (Lipinski definition) is 3. The highest BCUT2D eigenvalue weighted by Gasteiger charge is 2.29. The zero-order valence-corrected chi connectivity index (χ0v) is 11.6. The number of nitrogens with zero attached hydrogens (tertiary/aromatic N) is 2. The van der Waals surface area contributed by atoms with Crippen molar-refractivity contribution in [2.45, 2.75) is 22.7 Å². The maximum Gasteiger partial charge on any atom is 0.250 e. The van der Waals surface area contributed by atoms with Gasteiger partial charge in [0.05, 0.1) is 5.52 Å². The normalized spacial score (nSPS) is 15.9. The predicted octanol–water partition coefficient (Wildman–Crippen LogP) is 4.03. The van der Waals surface area contributed by atoms with E-state index in [1.807, 2.05) is 24.3 Å². The van der Waals surface area contributed by atoms with Gasteiger partial charge in [-0.05, 0) is 25.0 Å². The Bertz CT molecular complexity index is 591. The number of nitrogens with one attached hydrogen (secondary N) is 1. The molecule has 1 saturated carbocycles. The van der Waals surface area contributed by atoms with E-state index >= 15 is 0 Å². The zero-order valence-electron chi connectivity index (χ0n) is 9.33. The molecule has 0 bridgehead atoms. The fourth-order valence-electron chi connectivity index (χ4n) is 1.73. The summed E-state index contributed by atoms with van der Waals surface area (Å²) in [7, 11) is 0. The third-order valence-electron chi connectivity index (χ3n) is 2.77. The van der Waals surface area contributed by atoms with Crippen molar-refractivity contribution in [2.75, 3.05) is 5.32 Å². The minimum Gasteiger partial charge on any atom is -0.367 e. The van der Waals surface area contributed by atoms with Crippen molar-refractivity contribution in [2.24, 2.45) is 0 Å². The van der Waals surface area contributed by atoms with Crippen LogP contribution in [-0.2, 0) is 3.79 Å². The van der Waals surface area contributed by atoms with Crippen molar-refractivity contribution in [1.82, 2.24) is 9.97 Å². The van der Waals surface area contributed by atoms with Crippen molar-refractivity contribution in [3.63, 3.8) is 0 Å². The molecule has 6 heteroatoms. The summed E-state index contributed by atoms with van der Waals surface area (Å²) in [5, 5.41) is 4.29. The molecular formula is C12H10Cl3N3. The van der Waals surface area contributed by atoms with Crippen LogP contribution in [0.1, 0.15) is 18.7 Å². The second kappa shape index (κ2) is 4.41. The molecule has 2 aromatic rings. The first-order valence-electron chi connectivity index (χ1n) is 5.64. The zero-order chi connectivity index (χ0) is 12.8. The fourth-order valence-corrected chi connectivity index (χ4v) is 1.99. The van der Waals surface area contributed by atoms with Gasteiger partial charge in [0.25, 0.3) is 0 Å². The summed E-state index contributed by atoms with van der Waals surface area (Å²) in [6.07, 6.45) is 2.31. The van der Waals surface area contributed by atoms with Gasteiger partial charge in [-0.25, -0.2) is 9.97 Å². The third-order valence-corrected chi connectivity index (χ3v) is 3.28. The van der Waals surface area contributed by atoms with Crippen LogP contribution < -0.4 is 5.32 Å². The Kier molecular flexibility index (Phi) is 3.00. The Morgan fingerprint density at radius 3 is 2.50 bits per heavy atom.